The van der Waals surface area contributed by atoms with Crippen molar-refractivity contribution in [3.05, 3.63) is 58.3 Å². The Morgan fingerprint density at radius 2 is 2.04 bits per heavy atom. The number of rotatable bonds is 4. The molecule has 1 N–H and O–H groups in total. The number of thiophene rings is 1. The standard InChI is InChI=1S/C19H20N2O2S/c22-17(20-12-15-7-4-10-24-15)16-11-19(16)8-9-21(13-19)18(23)14-5-2-1-3-6-14/h1-7,10,16H,8-9,11-13H2,(H,20,22)/t16-,19-/m1/s1. The smallest absolute Gasteiger partial charge is 0.253 e. The lowest BCUT2D eigenvalue weighted by Gasteiger charge is -2.16. The van der Waals surface area contributed by atoms with Crippen LogP contribution in [0.5, 0.6) is 0 Å². The van der Waals surface area contributed by atoms with Gasteiger partial charge in [-0.25, -0.2) is 0 Å². The molecule has 1 aliphatic heterocycles. The van der Waals surface area contributed by atoms with Crippen LogP contribution in [0.1, 0.15) is 28.1 Å². The van der Waals surface area contributed by atoms with Crippen LogP contribution in [0.2, 0.25) is 0 Å². The minimum Gasteiger partial charge on any atom is -0.351 e. The number of hydrogen-bond donors (Lipinski definition) is 1. The Labute approximate surface area is 145 Å². The third-order valence-corrected chi connectivity index (χ3v) is 6.09. The summed E-state index contributed by atoms with van der Waals surface area (Å²) < 4.78 is 0. The quantitative estimate of drug-likeness (QED) is 0.930. The van der Waals surface area contributed by atoms with Crippen molar-refractivity contribution in [2.24, 2.45) is 11.3 Å². The van der Waals surface area contributed by atoms with Gasteiger partial charge in [-0.3, -0.25) is 9.59 Å². The number of hydrogen-bond acceptors (Lipinski definition) is 3. The van der Waals surface area contributed by atoms with Crippen LogP contribution in [0.25, 0.3) is 0 Å². The van der Waals surface area contributed by atoms with E-state index in [1.165, 1.54) is 4.88 Å². The molecule has 0 radical (unpaired) electrons. The van der Waals surface area contributed by atoms with Gasteiger partial charge in [0, 0.05) is 34.9 Å². The highest BCUT2D eigenvalue weighted by Gasteiger charge is 2.61. The molecular weight excluding hydrogens is 320 g/mol. The molecule has 1 aliphatic carbocycles. The van der Waals surface area contributed by atoms with Crippen molar-refractivity contribution in [1.29, 1.82) is 0 Å². The Hall–Kier alpha value is -2.14. The average molecular weight is 340 g/mol. The fourth-order valence-electron chi connectivity index (χ4n) is 3.71. The minimum absolute atomic E-state index is 0.0178. The maximum Gasteiger partial charge on any atom is 0.253 e. The molecule has 4 nitrogen and oxygen atoms in total. The molecule has 1 saturated heterocycles. The third-order valence-electron chi connectivity index (χ3n) is 5.22. The second kappa shape index (κ2) is 6.06. The van der Waals surface area contributed by atoms with Crippen molar-refractivity contribution in [3.8, 4) is 0 Å². The molecule has 1 aromatic heterocycles. The number of nitrogens with one attached hydrogen (secondary N) is 1. The Balaban J connectivity index is 1.34. The molecular formula is C19H20N2O2S. The van der Waals surface area contributed by atoms with E-state index in [2.05, 4.69) is 5.32 Å². The summed E-state index contributed by atoms with van der Waals surface area (Å²) in [4.78, 5) is 28.0. The summed E-state index contributed by atoms with van der Waals surface area (Å²) in [5.74, 6) is 0.278. The van der Waals surface area contributed by atoms with E-state index < -0.39 is 0 Å². The van der Waals surface area contributed by atoms with Gasteiger partial charge in [0.05, 0.1) is 6.54 Å². The SMILES string of the molecule is O=C(NCc1cccs1)[C@H]1C[C@@]12CCN(C(=O)c1ccccc1)C2. The Morgan fingerprint density at radius 1 is 1.21 bits per heavy atom. The summed E-state index contributed by atoms with van der Waals surface area (Å²) in [6.07, 6.45) is 1.84. The van der Waals surface area contributed by atoms with Crippen LogP contribution in [-0.2, 0) is 11.3 Å². The lowest BCUT2D eigenvalue weighted by molar-refractivity contribution is -0.123. The highest BCUT2D eigenvalue weighted by atomic mass is 32.1. The summed E-state index contributed by atoms with van der Waals surface area (Å²) in [5, 5.41) is 5.06. The van der Waals surface area contributed by atoms with E-state index in [1.54, 1.807) is 11.3 Å². The highest BCUT2D eigenvalue weighted by Crippen LogP contribution is 2.58. The second-order valence-electron chi connectivity index (χ2n) is 6.76. The first-order valence-corrected chi connectivity index (χ1v) is 9.20. The predicted molar refractivity (Wildman–Crippen MR) is 93.7 cm³/mol. The summed E-state index contributed by atoms with van der Waals surface area (Å²) >= 11 is 1.66. The van der Waals surface area contributed by atoms with Crippen LogP contribution in [0, 0.1) is 11.3 Å². The first kappa shape index (κ1) is 15.4. The molecule has 1 spiro atoms. The molecule has 2 heterocycles. The van der Waals surface area contributed by atoms with E-state index in [1.807, 2.05) is 52.7 Å². The molecule has 0 unspecified atom stereocenters. The monoisotopic (exact) mass is 340 g/mol. The molecule has 2 atom stereocenters. The Bertz CT molecular complexity index is 744. The van der Waals surface area contributed by atoms with Gasteiger partial charge < -0.3 is 10.2 Å². The number of benzene rings is 1. The van der Waals surface area contributed by atoms with Gasteiger partial charge in [-0.2, -0.15) is 0 Å². The normalized spacial score (nSPS) is 25.0. The molecule has 2 amide bonds. The molecule has 2 aliphatic rings. The summed E-state index contributed by atoms with van der Waals surface area (Å²) in [6.45, 7) is 2.07. The number of amides is 2. The maximum atomic E-state index is 12.5. The topological polar surface area (TPSA) is 49.4 Å². The molecule has 4 rings (SSSR count). The zero-order valence-electron chi connectivity index (χ0n) is 13.4. The van der Waals surface area contributed by atoms with Crippen molar-refractivity contribution < 1.29 is 9.59 Å². The van der Waals surface area contributed by atoms with Gasteiger partial charge in [0.25, 0.3) is 5.91 Å². The van der Waals surface area contributed by atoms with E-state index >= 15 is 0 Å². The zero-order valence-corrected chi connectivity index (χ0v) is 14.2. The molecule has 1 aromatic carbocycles. The summed E-state index contributed by atoms with van der Waals surface area (Å²) in [5.41, 5.74) is 0.748. The summed E-state index contributed by atoms with van der Waals surface area (Å²) in [6, 6.07) is 13.4. The average Bonchev–Trinajstić information content (AvgIpc) is 2.95. The summed E-state index contributed by atoms with van der Waals surface area (Å²) in [7, 11) is 0. The van der Waals surface area contributed by atoms with Crippen molar-refractivity contribution in [2.75, 3.05) is 13.1 Å². The van der Waals surface area contributed by atoms with E-state index in [-0.39, 0.29) is 23.1 Å². The number of nitrogens with zero attached hydrogens (tertiary/aromatic N) is 1. The molecule has 2 fully saturated rings. The minimum atomic E-state index is 0.0178. The molecule has 1 saturated carbocycles. The molecule has 2 aromatic rings. The van der Waals surface area contributed by atoms with E-state index in [9.17, 15) is 9.59 Å². The lowest BCUT2D eigenvalue weighted by atomic mass is 10.0. The van der Waals surface area contributed by atoms with Crippen LogP contribution in [0.3, 0.4) is 0 Å². The number of likely N-dealkylation sites (tertiary alicyclic amines) is 1. The van der Waals surface area contributed by atoms with Crippen LogP contribution in [-0.4, -0.2) is 29.8 Å². The van der Waals surface area contributed by atoms with Gasteiger partial charge >= 0.3 is 0 Å². The largest absolute Gasteiger partial charge is 0.351 e. The zero-order chi connectivity index (χ0) is 16.6. The van der Waals surface area contributed by atoms with Gasteiger partial charge in [-0.05, 0) is 36.4 Å². The maximum absolute atomic E-state index is 12.5. The van der Waals surface area contributed by atoms with Gasteiger partial charge in [0.1, 0.15) is 0 Å². The van der Waals surface area contributed by atoms with Gasteiger partial charge in [-0.15, -0.1) is 11.3 Å². The van der Waals surface area contributed by atoms with E-state index in [0.29, 0.717) is 13.1 Å². The second-order valence-corrected chi connectivity index (χ2v) is 7.79. The predicted octanol–water partition coefficient (Wildman–Crippen LogP) is 2.92. The fraction of sp³-hybridized carbons (Fsp3) is 0.368. The molecule has 24 heavy (non-hydrogen) atoms. The fourth-order valence-corrected chi connectivity index (χ4v) is 4.36. The van der Waals surface area contributed by atoms with Gasteiger partial charge in [-0.1, -0.05) is 24.3 Å². The molecule has 0 bridgehead atoms. The number of carbonyl (C=O) groups is 2. The van der Waals surface area contributed by atoms with Crippen molar-refractivity contribution in [2.45, 2.75) is 19.4 Å². The Morgan fingerprint density at radius 3 is 2.79 bits per heavy atom. The Kier molecular flexibility index (Phi) is 3.88. The molecule has 5 heteroatoms. The highest BCUT2D eigenvalue weighted by molar-refractivity contribution is 7.09. The van der Waals surface area contributed by atoms with Crippen LogP contribution < -0.4 is 5.32 Å². The van der Waals surface area contributed by atoms with Crippen LogP contribution >= 0.6 is 11.3 Å². The first-order chi connectivity index (χ1) is 11.7. The van der Waals surface area contributed by atoms with Crippen LogP contribution in [0.15, 0.2) is 47.8 Å². The third kappa shape index (κ3) is 2.84. The molecule has 124 valence electrons. The van der Waals surface area contributed by atoms with E-state index in [4.69, 9.17) is 0 Å². The lowest BCUT2D eigenvalue weighted by Crippen LogP contribution is -2.31. The number of carbonyl (C=O) groups excluding carboxylic acids is 2. The van der Waals surface area contributed by atoms with Crippen molar-refractivity contribution >= 4 is 23.2 Å². The van der Waals surface area contributed by atoms with Crippen molar-refractivity contribution in [3.63, 3.8) is 0 Å². The van der Waals surface area contributed by atoms with Gasteiger partial charge in [0.2, 0.25) is 5.91 Å². The van der Waals surface area contributed by atoms with Crippen molar-refractivity contribution in [1.82, 2.24) is 10.2 Å². The van der Waals surface area contributed by atoms with Gasteiger partial charge in [0.15, 0.2) is 0 Å². The van der Waals surface area contributed by atoms with E-state index in [0.717, 1.165) is 24.9 Å². The first-order valence-electron chi connectivity index (χ1n) is 8.32. The van der Waals surface area contributed by atoms with Crippen LogP contribution in [0.4, 0.5) is 0 Å².